The Morgan fingerprint density at radius 2 is 2.00 bits per heavy atom. The molecule has 1 aliphatic carbocycles. The molecule has 2 fully saturated rings. The molecule has 1 saturated heterocycles. The van der Waals surface area contributed by atoms with E-state index in [2.05, 4.69) is 0 Å². The van der Waals surface area contributed by atoms with E-state index in [9.17, 15) is 4.79 Å². The van der Waals surface area contributed by atoms with Crippen LogP contribution in [0.5, 0.6) is 0 Å². The second-order valence-electron chi connectivity index (χ2n) is 5.71. The third-order valence-electron chi connectivity index (χ3n) is 4.55. The lowest BCUT2D eigenvalue weighted by Gasteiger charge is -2.29. The Hall–Kier alpha value is -0.770. The van der Waals surface area contributed by atoms with Crippen molar-refractivity contribution in [3.8, 4) is 0 Å². The normalized spacial score (nSPS) is 28.7. The van der Waals surface area contributed by atoms with E-state index in [1.165, 1.54) is 12.8 Å². The molecule has 3 unspecified atom stereocenters. The lowest BCUT2D eigenvalue weighted by molar-refractivity contribution is 0.0783. The fourth-order valence-electron chi connectivity index (χ4n) is 3.49. The van der Waals surface area contributed by atoms with Gasteiger partial charge in [-0.15, -0.1) is 12.4 Å². The van der Waals surface area contributed by atoms with E-state index in [0.29, 0.717) is 22.4 Å². The zero-order chi connectivity index (χ0) is 13.4. The summed E-state index contributed by atoms with van der Waals surface area (Å²) in [6.45, 7) is 1.62. The summed E-state index contributed by atoms with van der Waals surface area (Å²) in [5.41, 5.74) is 6.79. The van der Waals surface area contributed by atoms with Crippen molar-refractivity contribution >= 4 is 29.9 Å². The highest BCUT2D eigenvalue weighted by molar-refractivity contribution is 6.33. The third-order valence-corrected chi connectivity index (χ3v) is 4.87. The van der Waals surface area contributed by atoms with Crippen molar-refractivity contribution in [1.82, 2.24) is 4.90 Å². The minimum atomic E-state index is 0. The molecule has 0 spiro atoms. The van der Waals surface area contributed by atoms with Gasteiger partial charge in [0.25, 0.3) is 5.91 Å². The summed E-state index contributed by atoms with van der Waals surface area (Å²) >= 11 is 6.11. The maximum Gasteiger partial charge on any atom is 0.255 e. The van der Waals surface area contributed by atoms with Crippen LogP contribution in [0.4, 0.5) is 0 Å². The first kappa shape index (κ1) is 15.6. The van der Waals surface area contributed by atoms with E-state index in [1.54, 1.807) is 12.1 Å². The highest BCUT2D eigenvalue weighted by Gasteiger charge is 2.40. The number of nitrogens with two attached hydrogens (primary N) is 1. The van der Waals surface area contributed by atoms with Crippen LogP contribution in [0.1, 0.15) is 29.6 Å². The monoisotopic (exact) mass is 314 g/mol. The van der Waals surface area contributed by atoms with Crippen molar-refractivity contribution in [1.29, 1.82) is 0 Å². The molecule has 1 saturated carbocycles. The first-order chi connectivity index (χ1) is 9.16. The maximum atomic E-state index is 12.5. The van der Waals surface area contributed by atoms with Crippen LogP contribution < -0.4 is 5.73 Å². The number of nitrogens with zero attached hydrogens (tertiary/aromatic N) is 1. The zero-order valence-electron chi connectivity index (χ0n) is 11.3. The molecule has 1 aromatic carbocycles. The molecule has 2 aliphatic rings. The molecule has 1 amide bonds. The van der Waals surface area contributed by atoms with Gasteiger partial charge in [0.05, 0.1) is 10.6 Å². The molecule has 3 rings (SSSR count). The molecule has 1 aromatic rings. The minimum absolute atomic E-state index is 0. The Labute approximate surface area is 130 Å². The van der Waals surface area contributed by atoms with Gasteiger partial charge in [-0.2, -0.15) is 0 Å². The first-order valence-corrected chi connectivity index (χ1v) is 7.34. The average Bonchev–Trinajstić information content (AvgIpc) is 2.84. The Bertz CT molecular complexity index is 495. The molecule has 1 heterocycles. The highest BCUT2D eigenvalue weighted by atomic mass is 35.5. The third kappa shape index (κ3) is 2.80. The number of fused-ring (bicyclic) bond motifs is 1. The van der Waals surface area contributed by atoms with Gasteiger partial charge in [0.1, 0.15) is 0 Å². The molecule has 20 heavy (non-hydrogen) atoms. The summed E-state index contributed by atoms with van der Waals surface area (Å²) in [7, 11) is 0. The fraction of sp³-hybridized carbons (Fsp3) is 0.533. The zero-order valence-corrected chi connectivity index (χ0v) is 12.9. The predicted molar refractivity (Wildman–Crippen MR) is 83.4 cm³/mol. The number of carbonyl (C=O) groups excluding carboxylic acids is 1. The van der Waals surface area contributed by atoms with Crippen molar-refractivity contribution in [3.05, 3.63) is 34.9 Å². The van der Waals surface area contributed by atoms with E-state index < -0.39 is 0 Å². The van der Waals surface area contributed by atoms with Crippen molar-refractivity contribution in [3.63, 3.8) is 0 Å². The molecule has 110 valence electrons. The molecule has 1 aliphatic heterocycles. The number of halogens is 2. The first-order valence-electron chi connectivity index (χ1n) is 6.96. The minimum Gasteiger partial charge on any atom is -0.338 e. The number of rotatable bonds is 1. The van der Waals surface area contributed by atoms with Crippen molar-refractivity contribution in [2.24, 2.45) is 17.6 Å². The van der Waals surface area contributed by atoms with E-state index >= 15 is 0 Å². The number of benzene rings is 1. The Morgan fingerprint density at radius 3 is 2.70 bits per heavy atom. The summed E-state index contributed by atoms with van der Waals surface area (Å²) in [5, 5.41) is 0.534. The molecule has 3 nitrogen and oxygen atoms in total. The van der Waals surface area contributed by atoms with E-state index in [0.717, 1.165) is 19.5 Å². The van der Waals surface area contributed by atoms with E-state index in [-0.39, 0.29) is 24.4 Å². The van der Waals surface area contributed by atoms with Crippen LogP contribution in [-0.2, 0) is 0 Å². The van der Waals surface area contributed by atoms with Crippen LogP contribution in [0.25, 0.3) is 0 Å². The fourth-order valence-corrected chi connectivity index (χ4v) is 3.70. The van der Waals surface area contributed by atoms with Gasteiger partial charge in [-0.1, -0.05) is 30.2 Å². The molecule has 2 N–H and O–H groups in total. The number of carbonyl (C=O) groups is 1. The summed E-state index contributed by atoms with van der Waals surface area (Å²) < 4.78 is 0. The van der Waals surface area contributed by atoms with Gasteiger partial charge in [0, 0.05) is 19.1 Å². The van der Waals surface area contributed by atoms with Gasteiger partial charge in [0.2, 0.25) is 0 Å². The number of hydrogen-bond donors (Lipinski definition) is 1. The molecule has 0 aromatic heterocycles. The molecular weight excluding hydrogens is 295 g/mol. The van der Waals surface area contributed by atoms with Gasteiger partial charge in [-0.25, -0.2) is 0 Å². The van der Waals surface area contributed by atoms with Gasteiger partial charge in [-0.3, -0.25) is 4.79 Å². The van der Waals surface area contributed by atoms with Crippen LogP contribution in [0.2, 0.25) is 5.02 Å². The van der Waals surface area contributed by atoms with Crippen LogP contribution in [-0.4, -0.2) is 29.9 Å². The standard InChI is InChI=1S/C15H19ClN2O.ClH/c16-13-6-2-1-5-11(13)15(19)18-8-10-4-3-7-14(17)12(10)9-18;/h1-2,5-6,10,12,14H,3-4,7-9,17H2;1H. The lowest BCUT2D eigenvalue weighted by atomic mass is 9.78. The van der Waals surface area contributed by atoms with Crippen LogP contribution in [0, 0.1) is 11.8 Å². The number of hydrogen-bond acceptors (Lipinski definition) is 2. The van der Waals surface area contributed by atoms with Crippen LogP contribution >= 0.6 is 24.0 Å². The van der Waals surface area contributed by atoms with Gasteiger partial charge in [-0.05, 0) is 36.8 Å². The number of amides is 1. The molecule has 5 heteroatoms. The van der Waals surface area contributed by atoms with E-state index in [1.807, 2.05) is 17.0 Å². The van der Waals surface area contributed by atoms with Gasteiger partial charge >= 0.3 is 0 Å². The van der Waals surface area contributed by atoms with Crippen molar-refractivity contribution < 1.29 is 4.79 Å². The summed E-state index contributed by atoms with van der Waals surface area (Å²) in [4.78, 5) is 14.5. The quantitative estimate of drug-likeness (QED) is 0.866. The SMILES string of the molecule is Cl.NC1CCCC2CN(C(=O)c3ccccc3Cl)CC12. The predicted octanol–water partition coefficient (Wildman–Crippen LogP) is 2.96. The highest BCUT2D eigenvalue weighted by Crippen LogP contribution is 2.36. The van der Waals surface area contributed by atoms with Crippen LogP contribution in [0.3, 0.4) is 0 Å². The Balaban J connectivity index is 0.00000147. The number of likely N-dealkylation sites (tertiary alicyclic amines) is 1. The van der Waals surface area contributed by atoms with Gasteiger partial charge < -0.3 is 10.6 Å². The summed E-state index contributed by atoms with van der Waals surface area (Å²) in [6, 6.07) is 7.52. The summed E-state index contributed by atoms with van der Waals surface area (Å²) in [5.74, 6) is 1.10. The Kier molecular flexibility index (Phi) is 4.95. The largest absolute Gasteiger partial charge is 0.338 e. The Morgan fingerprint density at radius 1 is 1.25 bits per heavy atom. The topological polar surface area (TPSA) is 46.3 Å². The lowest BCUT2D eigenvalue weighted by Crippen LogP contribution is -2.38. The van der Waals surface area contributed by atoms with Gasteiger partial charge in [0.15, 0.2) is 0 Å². The summed E-state index contributed by atoms with van der Waals surface area (Å²) in [6.07, 6.45) is 3.48. The maximum absolute atomic E-state index is 12.5. The van der Waals surface area contributed by atoms with Crippen molar-refractivity contribution in [2.45, 2.75) is 25.3 Å². The second kappa shape index (κ2) is 6.33. The molecular formula is C15H20Cl2N2O. The smallest absolute Gasteiger partial charge is 0.255 e. The van der Waals surface area contributed by atoms with Crippen molar-refractivity contribution in [2.75, 3.05) is 13.1 Å². The second-order valence-corrected chi connectivity index (χ2v) is 6.12. The van der Waals surface area contributed by atoms with E-state index in [4.69, 9.17) is 17.3 Å². The van der Waals surface area contributed by atoms with Crippen LogP contribution in [0.15, 0.2) is 24.3 Å². The molecule has 0 bridgehead atoms. The molecule has 0 radical (unpaired) electrons. The molecule has 3 atom stereocenters. The average molecular weight is 315 g/mol.